The molecule has 5 nitrogen and oxygen atoms in total. The molecule has 0 saturated heterocycles. The van der Waals surface area contributed by atoms with Gasteiger partial charge in [-0.15, -0.1) is 0 Å². The number of halogens is 1. The fourth-order valence-corrected chi connectivity index (χ4v) is 4.17. The number of carbonyl (C=O) groups is 1. The second kappa shape index (κ2) is 8.67. The molecule has 0 spiro atoms. The normalized spacial score (nSPS) is 12.2. The van der Waals surface area contributed by atoms with E-state index in [1.54, 1.807) is 42.5 Å². The smallest absolute Gasteiger partial charge is 0.408 e. The van der Waals surface area contributed by atoms with Crippen molar-refractivity contribution in [2.45, 2.75) is 16.9 Å². The number of benzene rings is 3. The van der Waals surface area contributed by atoms with E-state index in [1.165, 1.54) is 24.3 Å². The first-order valence-corrected chi connectivity index (χ1v) is 10.0. The van der Waals surface area contributed by atoms with E-state index in [0.717, 1.165) is 17.7 Å². The van der Waals surface area contributed by atoms with Gasteiger partial charge in [0.15, 0.2) is 5.37 Å². The van der Waals surface area contributed by atoms with Crippen LogP contribution in [0.2, 0.25) is 0 Å². The zero-order chi connectivity index (χ0) is 20.0. The Bertz CT molecular complexity index is 1020. The molecule has 28 heavy (non-hydrogen) atoms. The van der Waals surface area contributed by atoms with E-state index in [-0.39, 0.29) is 17.1 Å². The van der Waals surface area contributed by atoms with Crippen molar-refractivity contribution >= 4 is 15.9 Å². The van der Waals surface area contributed by atoms with Crippen molar-refractivity contribution in [3.8, 4) is 0 Å². The molecule has 0 saturated carbocycles. The van der Waals surface area contributed by atoms with Crippen molar-refractivity contribution < 1.29 is 22.3 Å². The molecule has 3 aromatic rings. The summed E-state index contributed by atoms with van der Waals surface area (Å²) in [7, 11) is -3.98. The minimum absolute atomic E-state index is 0.00576. The zero-order valence-electron chi connectivity index (χ0n) is 14.8. The predicted octanol–water partition coefficient (Wildman–Crippen LogP) is 4.22. The quantitative estimate of drug-likeness (QED) is 0.673. The summed E-state index contributed by atoms with van der Waals surface area (Å²) in [5.41, 5.74) is 0.990. The largest absolute Gasteiger partial charge is 0.445 e. The van der Waals surface area contributed by atoms with Gasteiger partial charge in [0.05, 0.1) is 4.90 Å². The van der Waals surface area contributed by atoms with Crippen molar-refractivity contribution in [3.05, 3.63) is 102 Å². The number of sulfone groups is 1. The lowest BCUT2D eigenvalue weighted by atomic mass is 10.2. The van der Waals surface area contributed by atoms with Gasteiger partial charge in [0.2, 0.25) is 9.84 Å². The average Bonchev–Trinajstić information content (AvgIpc) is 2.72. The molecule has 1 atom stereocenters. The van der Waals surface area contributed by atoms with E-state index >= 15 is 0 Å². The number of alkyl carbamates (subject to hydrolysis) is 1. The molecule has 0 aliphatic heterocycles. The second-order valence-electron chi connectivity index (χ2n) is 6.00. The van der Waals surface area contributed by atoms with E-state index in [0.29, 0.717) is 0 Å². The second-order valence-corrected chi connectivity index (χ2v) is 8.03. The number of nitrogens with one attached hydrogen (secondary N) is 1. The Labute approximate surface area is 162 Å². The summed E-state index contributed by atoms with van der Waals surface area (Å²) in [6, 6.07) is 21.6. The molecule has 3 rings (SSSR count). The van der Waals surface area contributed by atoms with E-state index in [4.69, 9.17) is 4.74 Å². The molecular weight excluding hydrogens is 381 g/mol. The first-order chi connectivity index (χ1) is 13.5. The van der Waals surface area contributed by atoms with Crippen LogP contribution in [0.15, 0.2) is 89.8 Å². The third-order valence-electron chi connectivity index (χ3n) is 4.02. The summed E-state index contributed by atoms with van der Waals surface area (Å²) in [6.45, 7) is -0.00576. The Morgan fingerprint density at radius 2 is 1.46 bits per heavy atom. The molecule has 1 unspecified atom stereocenters. The van der Waals surface area contributed by atoms with E-state index in [9.17, 15) is 17.6 Å². The summed E-state index contributed by atoms with van der Waals surface area (Å²) < 4.78 is 44.6. The van der Waals surface area contributed by atoms with Crippen molar-refractivity contribution in [1.82, 2.24) is 5.32 Å². The lowest BCUT2D eigenvalue weighted by molar-refractivity contribution is 0.138. The minimum Gasteiger partial charge on any atom is -0.445 e. The van der Waals surface area contributed by atoms with Gasteiger partial charge in [0, 0.05) is 0 Å². The van der Waals surface area contributed by atoms with Crippen LogP contribution in [0.1, 0.15) is 16.5 Å². The summed E-state index contributed by atoms with van der Waals surface area (Å²) in [6.07, 6.45) is -0.891. The van der Waals surface area contributed by atoms with Crippen LogP contribution in [-0.2, 0) is 21.2 Å². The maximum absolute atomic E-state index is 13.3. The number of hydrogen-bond acceptors (Lipinski definition) is 4. The predicted molar refractivity (Wildman–Crippen MR) is 103 cm³/mol. The summed E-state index contributed by atoms with van der Waals surface area (Å²) in [5.74, 6) is -0.508. The monoisotopic (exact) mass is 399 g/mol. The van der Waals surface area contributed by atoms with E-state index in [2.05, 4.69) is 5.32 Å². The number of amides is 1. The molecule has 0 aliphatic rings. The average molecular weight is 399 g/mol. The minimum atomic E-state index is -3.98. The molecule has 1 amide bonds. The lowest BCUT2D eigenvalue weighted by Gasteiger charge is -2.20. The highest BCUT2D eigenvalue weighted by Gasteiger charge is 2.31. The Balaban J connectivity index is 1.84. The van der Waals surface area contributed by atoms with Crippen LogP contribution < -0.4 is 5.32 Å². The molecule has 144 valence electrons. The molecular formula is C21H18FNO4S. The SMILES string of the molecule is O=C(NC(c1ccc(F)cc1)S(=O)(=O)c1ccccc1)OCc1ccccc1. The number of rotatable bonds is 6. The lowest BCUT2D eigenvalue weighted by Crippen LogP contribution is -2.34. The Kier molecular flexibility index (Phi) is 6.06. The topological polar surface area (TPSA) is 72.5 Å². The highest BCUT2D eigenvalue weighted by atomic mass is 32.2. The zero-order valence-corrected chi connectivity index (χ0v) is 15.6. The maximum Gasteiger partial charge on any atom is 0.408 e. The van der Waals surface area contributed by atoms with E-state index in [1.807, 2.05) is 6.07 Å². The molecule has 0 bridgehead atoms. The molecule has 3 aromatic carbocycles. The summed E-state index contributed by atoms with van der Waals surface area (Å²) in [5, 5.41) is 0.972. The van der Waals surface area contributed by atoms with Crippen LogP contribution in [0, 0.1) is 5.82 Å². The van der Waals surface area contributed by atoms with Crippen LogP contribution in [0.3, 0.4) is 0 Å². The molecule has 0 fully saturated rings. The molecule has 0 heterocycles. The van der Waals surface area contributed by atoms with Gasteiger partial charge in [0.25, 0.3) is 0 Å². The van der Waals surface area contributed by atoms with Crippen LogP contribution in [0.4, 0.5) is 9.18 Å². The van der Waals surface area contributed by atoms with Crippen molar-refractivity contribution in [3.63, 3.8) is 0 Å². The van der Waals surface area contributed by atoms with Crippen LogP contribution in [0.5, 0.6) is 0 Å². The first-order valence-electron chi connectivity index (χ1n) is 8.48. The Morgan fingerprint density at radius 1 is 0.893 bits per heavy atom. The fraction of sp³-hybridized carbons (Fsp3) is 0.0952. The van der Waals surface area contributed by atoms with Gasteiger partial charge < -0.3 is 10.1 Å². The third kappa shape index (κ3) is 4.75. The molecule has 0 aromatic heterocycles. The third-order valence-corrected chi connectivity index (χ3v) is 5.96. The maximum atomic E-state index is 13.3. The van der Waals surface area contributed by atoms with Gasteiger partial charge >= 0.3 is 6.09 Å². The fourth-order valence-electron chi connectivity index (χ4n) is 2.60. The van der Waals surface area contributed by atoms with Crippen LogP contribution in [0.25, 0.3) is 0 Å². The van der Waals surface area contributed by atoms with Crippen molar-refractivity contribution in [1.29, 1.82) is 0 Å². The van der Waals surface area contributed by atoms with Gasteiger partial charge in [0.1, 0.15) is 12.4 Å². The van der Waals surface area contributed by atoms with Gasteiger partial charge in [-0.05, 0) is 35.4 Å². The van der Waals surface area contributed by atoms with E-state index < -0.39 is 27.1 Å². The molecule has 7 heteroatoms. The molecule has 1 N–H and O–H groups in total. The number of hydrogen-bond donors (Lipinski definition) is 1. The van der Waals surface area contributed by atoms with Gasteiger partial charge in [-0.1, -0.05) is 60.7 Å². The van der Waals surface area contributed by atoms with Gasteiger partial charge in [-0.25, -0.2) is 17.6 Å². The number of ether oxygens (including phenoxy) is 1. The molecule has 0 radical (unpaired) electrons. The highest BCUT2D eigenvalue weighted by molar-refractivity contribution is 7.91. The Hall–Kier alpha value is -3.19. The van der Waals surface area contributed by atoms with Crippen LogP contribution >= 0.6 is 0 Å². The number of carbonyl (C=O) groups excluding carboxylic acids is 1. The van der Waals surface area contributed by atoms with Crippen molar-refractivity contribution in [2.24, 2.45) is 0 Å². The molecule has 0 aliphatic carbocycles. The van der Waals surface area contributed by atoms with Gasteiger partial charge in [-0.2, -0.15) is 0 Å². The first kappa shape index (κ1) is 19.6. The standard InChI is InChI=1S/C21H18FNO4S/c22-18-13-11-17(12-14-18)20(28(25,26)19-9-5-2-6-10-19)23-21(24)27-15-16-7-3-1-4-8-16/h1-14,20H,15H2,(H,23,24). The van der Waals surface area contributed by atoms with Crippen LogP contribution in [-0.4, -0.2) is 14.5 Å². The van der Waals surface area contributed by atoms with Gasteiger partial charge in [-0.3, -0.25) is 0 Å². The van der Waals surface area contributed by atoms with Crippen molar-refractivity contribution in [2.75, 3.05) is 0 Å². The Morgan fingerprint density at radius 3 is 2.07 bits per heavy atom. The summed E-state index contributed by atoms with van der Waals surface area (Å²) >= 11 is 0. The highest BCUT2D eigenvalue weighted by Crippen LogP contribution is 2.27. The summed E-state index contributed by atoms with van der Waals surface area (Å²) in [4.78, 5) is 12.3.